The molecule has 3 atom stereocenters. The Kier molecular flexibility index (Phi) is 6.94. The van der Waals surface area contributed by atoms with Crippen molar-refractivity contribution in [1.29, 1.82) is 0 Å². The quantitative estimate of drug-likeness (QED) is 0.438. The van der Waals surface area contributed by atoms with Gasteiger partial charge in [-0.15, -0.1) is 0 Å². The van der Waals surface area contributed by atoms with Gasteiger partial charge in [0, 0.05) is 16.7 Å². The van der Waals surface area contributed by atoms with Crippen LogP contribution in [0.4, 0.5) is 0 Å². The molecule has 0 saturated carbocycles. The molecule has 1 N–H and O–H groups in total. The minimum absolute atomic E-state index is 0.00816. The Morgan fingerprint density at radius 1 is 0.923 bits per heavy atom. The van der Waals surface area contributed by atoms with Crippen molar-refractivity contribution in [3.8, 4) is 45.6 Å². The van der Waals surface area contributed by atoms with Gasteiger partial charge >= 0.3 is 5.97 Å². The predicted octanol–water partition coefficient (Wildman–Crippen LogP) is 4.96. The average Bonchev–Trinajstić information content (AvgIpc) is 3.42. The number of hydrogen-bond acceptors (Lipinski definition) is 9. The average molecular weight is 537 g/mol. The minimum atomic E-state index is -1.50. The molecule has 3 aromatic carbocycles. The third-order valence-corrected chi connectivity index (χ3v) is 7.59. The number of aliphatic hydroxyl groups is 1. The summed E-state index contributed by atoms with van der Waals surface area (Å²) in [5.41, 5.74) is 1.35. The normalized spacial score (nSPS) is 21.1. The topological polar surface area (TPSA) is 102 Å². The molecular formula is C30H32O9. The Balaban J connectivity index is 1.86. The molecule has 1 heterocycles. The first-order valence-corrected chi connectivity index (χ1v) is 12.6. The molecule has 39 heavy (non-hydrogen) atoms. The molecule has 9 heteroatoms. The molecule has 0 aromatic heterocycles. The molecule has 206 valence electrons. The molecule has 0 fully saturated rings. The van der Waals surface area contributed by atoms with Gasteiger partial charge in [-0.3, -0.25) is 0 Å². The highest BCUT2D eigenvalue weighted by atomic mass is 16.7. The highest BCUT2D eigenvalue weighted by molar-refractivity contribution is 5.91. The first-order chi connectivity index (χ1) is 18.8. The maximum absolute atomic E-state index is 13.4. The smallest absolute Gasteiger partial charge is 0.338 e. The highest BCUT2D eigenvalue weighted by Gasteiger charge is 2.47. The van der Waals surface area contributed by atoms with Crippen LogP contribution in [0.15, 0.2) is 42.5 Å². The van der Waals surface area contributed by atoms with Crippen LogP contribution in [0.25, 0.3) is 11.1 Å². The van der Waals surface area contributed by atoms with Crippen LogP contribution in [-0.2, 0) is 11.2 Å². The van der Waals surface area contributed by atoms with Crippen LogP contribution in [0.1, 0.15) is 41.4 Å². The zero-order valence-electron chi connectivity index (χ0n) is 22.8. The summed E-state index contributed by atoms with van der Waals surface area (Å²) in [6.45, 7) is 3.57. The fourth-order valence-electron chi connectivity index (χ4n) is 5.37. The molecule has 0 radical (unpaired) electrons. The van der Waals surface area contributed by atoms with Crippen LogP contribution in [0.3, 0.4) is 0 Å². The van der Waals surface area contributed by atoms with Crippen molar-refractivity contribution in [2.24, 2.45) is 5.92 Å². The van der Waals surface area contributed by atoms with Crippen LogP contribution in [0, 0.1) is 5.92 Å². The second-order valence-corrected chi connectivity index (χ2v) is 9.77. The summed E-state index contributed by atoms with van der Waals surface area (Å²) in [6.07, 6.45) is -0.709. The van der Waals surface area contributed by atoms with E-state index in [4.69, 9.17) is 33.2 Å². The van der Waals surface area contributed by atoms with Crippen molar-refractivity contribution in [3.63, 3.8) is 0 Å². The zero-order chi connectivity index (χ0) is 27.9. The molecule has 0 unspecified atom stereocenters. The molecule has 9 nitrogen and oxygen atoms in total. The SMILES string of the molecule is COc1cc2c(c(OC)c1OC)-c1c(cc3c(c1OC)OCO3)[C@H](OC(=O)c1ccccc1)[C@@](C)(O)[C@@H](C)C2. The summed E-state index contributed by atoms with van der Waals surface area (Å²) >= 11 is 0. The van der Waals surface area contributed by atoms with Crippen LogP contribution < -0.4 is 28.4 Å². The number of esters is 1. The van der Waals surface area contributed by atoms with Gasteiger partial charge in [-0.05, 0) is 49.1 Å². The number of carbonyl (C=O) groups is 1. The van der Waals surface area contributed by atoms with Gasteiger partial charge in [-0.2, -0.15) is 0 Å². The molecule has 0 spiro atoms. The fourth-order valence-corrected chi connectivity index (χ4v) is 5.37. The molecule has 5 rings (SSSR count). The number of carbonyl (C=O) groups excluding carboxylic acids is 1. The number of hydrogen-bond donors (Lipinski definition) is 1. The Hall–Kier alpha value is -4.11. The third kappa shape index (κ3) is 4.27. The van der Waals surface area contributed by atoms with E-state index in [9.17, 15) is 9.90 Å². The summed E-state index contributed by atoms with van der Waals surface area (Å²) in [4.78, 5) is 13.4. The van der Waals surface area contributed by atoms with E-state index in [0.717, 1.165) is 5.56 Å². The standard InChI is InChI=1S/C30H32O9/c1-16-12-18-13-20(33-3)24(34-4)26(35-5)22(18)23-19(14-21-25(27(23)36-6)38-15-37-21)28(30(16,2)32)39-29(31)17-10-8-7-9-11-17/h7-11,13-14,16,28,32H,12,15H2,1-6H3/t16-,28-,30-/m0/s1. The van der Waals surface area contributed by atoms with Crippen molar-refractivity contribution >= 4 is 5.97 Å². The van der Waals surface area contributed by atoms with E-state index in [-0.39, 0.29) is 12.7 Å². The zero-order valence-corrected chi connectivity index (χ0v) is 22.8. The van der Waals surface area contributed by atoms with Crippen molar-refractivity contribution in [2.45, 2.75) is 32.0 Å². The van der Waals surface area contributed by atoms with Gasteiger partial charge in [0.05, 0.1) is 34.0 Å². The van der Waals surface area contributed by atoms with E-state index >= 15 is 0 Å². The number of benzene rings is 3. The van der Waals surface area contributed by atoms with Gasteiger partial charge in [-0.25, -0.2) is 4.79 Å². The van der Waals surface area contributed by atoms with Crippen molar-refractivity contribution in [3.05, 3.63) is 59.2 Å². The lowest BCUT2D eigenvalue weighted by atomic mass is 9.73. The number of rotatable bonds is 6. The van der Waals surface area contributed by atoms with Crippen molar-refractivity contribution in [1.82, 2.24) is 0 Å². The summed E-state index contributed by atoms with van der Waals surface area (Å²) in [7, 11) is 6.15. The van der Waals surface area contributed by atoms with Crippen LogP contribution in [-0.4, -0.2) is 51.9 Å². The molecule has 1 aliphatic heterocycles. The first kappa shape index (κ1) is 26.5. The van der Waals surface area contributed by atoms with E-state index < -0.39 is 17.7 Å². The van der Waals surface area contributed by atoms with E-state index in [1.165, 1.54) is 14.2 Å². The second kappa shape index (κ2) is 10.2. The highest BCUT2D eigenvalue weighted by Crippen LogP contribution is 2.59. The molecule has 0 saturated heterocycles. The minimum Gasteiger partial charge on any atom is -0.493 e. The van der Waals surface area contributed by atoms with E-state index in [1.807, 2.05) is 19.1 Å². The fraction of sp³-hybridized carbons (Fsp3) is 0.367. The van der Waals surface area contributed by atoms with Gasteiger partial charge in [0.25, 0.3) is 0 Å². The van der Waals surface area contributed by atoms with Gasteiger partial charge in [-0.1, -0.05) is 25.1 Å². The molecular weight excluding hydrogens is 504 g/mol. The molecule has 3 aromatic rings. The lowest BCUT2D eigenvalue weighted by Gasteiger charge is -2.41. The van der Waals surface area contributed by atoms with Crippen molar-refractivity contribution in [2.75, 3.05) is 35.2 Å². The third-order valence-electron chi connectivity index (χ3n) is 7.59. The van der Waals surface area contributed by atoms with Crippen LogP contribution in [0.5, 0.6) is 34.5 Å². The van der Waals surface area contributed by atoms with Crippen molar-refractivity contribution < 1.29 is 43.1 Å². The van der Waals surface area contributed by atoms with Gasteiger partial charge in [0.15, 0.2) is 29.1 Å². The largest absolute Gasteiger partial charge is 0.493 e. The maximum atomic E-state index is 13.4. The first-order valence-electron chi connectivity index (χ1n) is 12.6. The Morgan fingerprint density at radius 2 is 1.62 bits per heavy atom. The maximum Gasteiger partial charge on any atom is 0.338 e. The van der Waals surface area contributed by atoms with E-state index in [0.29, 0.717) is 63.2 Å². The number of fused-ring (bicyclic) bond motifs is 4. The van der Waals surface area contributed by atoms with Gasteiger partial charge in [0.2, 0.25) is 18.3 Å². The molecule has 0 amide bonds. The lowest BCUT2D eigenvalue weighted by molar-refractivity contribution is -0.107. The van der Waals surface area contributed by atoms with Gasteiger partial charge in [0.1, 0.15) is 5.60 Å². The van der Waals surface area contributed by atoms with Gasteiger partial charge < -0.3 is 38.3 Å². The molecule has 0 bridgehead atoms. The summed E-state index contributed by atoms with van der Waals surface area (Å²) in [6, 6.07) is 12.3. The molecule has 1 aliphatic carbocycles. The van der Waals surface area contributed by atoms with E-state index in [2.05, 4.69) is 0 Å². The van der Waals surface area contributed by atoms with E-state index in [1.54, 1.807) is 51.5 Å². The Morgan fingerprint density at radius 3 is 2.26 bits per heavy atom. The van der Waals surface area contributed by atoms with Crippen LogP contribution in [0.2, 0.25) is 0 Å². The number of methoxy groups -OCH3 is 4. The Bertz CT molecular complexity index is 1400. The number of ether oxygens (including phenoxy) is 7. The summed E-state index contributed by atoms with van der Waals surface area (Å²) < 4.78 is 40.8. The summed E-state index contributed by atoms with van der Waals surface area (Å²) in [5, 5.41) is 12.1. The predicted molar refractivity (Wildman–Crippen MR) is 142 cm³/mol. The Labute approximate surface area is 227 Å². The lowest BCUT2D eigenvalue weighted by Crippen LogP contribution is -2.43. The second-order valence-electron chi connectivity index (χ2n) is 9.77. The van der Waals surface area contributed by atoms with Crippen LogP contribution >= 0.6 is 0 Å². The molecule has 2 aliphatic rings. The monoisotopic (exact) mass is 536 g/mol. The summed E-state index contributed by atoms with van der Waals surface area (Å²) in [5.74, 6) is 1.51.